The van der Waals surface area contributed by atoms with Crippen molar-refractivity contribution in [1.29, 1.82) is 0 Å². The molecule has 0 radical (unpaired) electrons. The van der Waals surface area contributed by atoms with E-state index in [9.17, 15) is 0 Å². The van der Waals surface area contributed by atoms with Crippen molar-refractivity contribution in [2.75, 3.05) is 6.54 Å². The highest BCUT2D eigenvalue weighted by Crippen LogP contribution is 2.17. The zero-order chi connectivity index (χ0) is 9.68. The zero-order valence-electron chi connectivity index (χ0n) is 8.82. The summed E-state index contributed by atoms with van der Waals surface area (Å²) in [5, 5.41) is 10.5. The van der Waals surface area contributed by atoms with Crippen LogP contribution in [0.4, 0.5) is 0 Å². The minimum Gasteiger partial charge on any atom is -0.276 e. The molecule has 74 valence electrons. The quantitative estimate of drug-likeness (QED) is 0.657. The summed E-state index contributed by atoms with van der Waals surface area (Å²) in [5.74, 6) is 0. The van der Waals surface area contributed by atoms with E-state index in [1.165, 1.54) is 0 Å². The van der Waals surface area contributed by atoms with Gasteiger partial charge in [-0.1, -0.05) is 24.6 Å². The Labute approximate surface area is 80.5 Å². The maximum atomic E-state index is 4.23. The highest BCUT2D eigenvalue weighted by molar-refractivity contribution is 5.01. The van der Waals surface area contributed by atoms with Crippen molar-refractivity contribution >= 4 is 0 Å². The molecule has 0 amide bonds. The predicted octanol–water partition coefficient (Wildman–Crippen LogP) is 3.15. The lowest BCUT2D eigenvalue weighted by Gasteiger charge is -2.20. The van der Waals surface area contributed by atoms with E-state index >= 15 is 0 Å². The molecular weight excluding hydrogens is 162 g/mol. The molecule has 0 saturated carbocycles. The first kappa shape index (κ1) is 10.2. The second-order valence-corrected chi connectivity index (χ2v) is 3.48. The molecule has 1 heterocycles. The summed E-state index contributed by atoms with van der Waals surface area (Å²) in [5.41, 5.74) is 1.14. The van der Waals surface area contributed by atoms with Gasteiger partial charge in [-0.25, -0.2) is 0 Å². The van der Waals surface area contributed by atoms with Crippen LogP contribution in [0.25, 0.3) is 0 Å². The van der Waals surface area contributed by atoms with Crippen LogP contribution in [-0.4, -0.2) is 17.6 Å². The van der Waals surface area contributed by atoms with E-state index in [1.807, 2.05) is 5.01 Å². The molecule has 0 aromatic carbocycles. The first-order valence-electron chi connectivity index (χ1n) is 5.15. The van der Waals surface area contributed by atoms with Crippen LogP contribution < -0.4 is 0 Å². The molecule has 3 nitrogen and oxygen atoms in total. The summed E-state index contributed by atoms with van der Waals surface area (Å²) in [7, 11) is 0. The van der Waals surface area contributed by atoms with E-state index in [1.54, 1.807) is 0 Å². The Bertz CT molecular complexity index is 208. The van der Waals surface area contributed by atoms with Crippen molar-refractivity contribution in [2.45, 2.75) is 46.1 Å². The Morgan fingerprint density at radius 3 is 2.92 bits per heavy atom. The summed E-state index contributed by atoms with van der Waals surface area (Å²) in [6, 6.07) is 0.489. The lowest BCUT2D eigenvalue weighted by atomic mass is 10.1. The smallest absolute Gasteiger partial charge is 0.0608 e. The second-order valence-electron chi connectivity index (χ2n) is 3.48. The van der Waals surface area contributed by atoms with Gasteiger partial charge in [-0.05, 0) is 26.7 Å². The fraction of sp³-hybridized carbons (Fsp3) is 0.800. The maximum absolute atomic E-state index is 4.23. The van der Waals surface area contributed by atoms with Crippen LogP contribution >= 0.6 is 0 Å². The van der Waals surface area contributed by atoms with Gasteiger partial charge in [0.1, 0.15) is 0 Å². The van der Waals surface area contributed by atoms with E-state index in [4.69, 9.17) is 0 Å². The van der Waals surface area contributed by atoms with Gasteiger partial charge in [-0.15, -0.1) is 5.11 Å². The van der Waals surface area contributed by atoms with Crippen molar-refractivity contribution in [3.8, 4) is 0 Å². The molecule has 1 atom stereocenters. The van der Waals surface area contributed by atoms with Crippen LogP contribution in [-0.2, 0) is 0 Å². The van der Waals surface area contributed by atoms with Gasteiger partial charge >= 0.3 is 0 Å². The third-order valence-electron chi connectivity index (χ3n) is 2.32. The molecule has 1 unspecified atom stereocenters. The molecule has 0 aromatic heterocycles. The van der Waals surface area contributed by atoms with Crippen LogP contribution in [0, 0.1) is 0 Å². The van der Waals surface area contributed by atoms with Crippen molar-refractivity contribution in [3.05, 3.63) is 11.8 Å². The monoisotopic (exact) mass is 181 g/mol. The van der Waals surface area contributed by atoms with Gasteiger partial charge in [0.25, 0.3) is 0 Å². The van der Waals surface area contributed by atoms with Gasteiger partial charge in [0.05, 0.1) is 5.70 Å². The third-order valence-corrected chi connectivity index (χ3v) is 2.32. The molecule has 0 bridgehead atoms. The van der Waals surface area contributed by atoms with Crippen molar-refractivity contribution < 1.29 is 0 Å². The molecule has 0 spiro atoms. The highest BCUT2D eigenvalue weighted by atomic mass is 15.6. The number of allylic oxidation sites excluding steroid dienone is 1. The standard InChI is InChI=1S/C10H19N3/c1-4-6-10-8-7-9(3)13(5-2)12-11-10/h8-9H,4-7H2,1-3H3. The third kappa shape index (κ3) is 2.83. The minimum absolute atomic E-state index is 0.489. The second kappa shape index (κ2) is 5.00. The van der Waals surface area contributed by atoms with E-state index in [0.717, 1.165) is 31.5 Å². The molecule has 0 fully saturated rings. The minimum atomic E-state index is 0.489. The summed E-state index contributed by atoms with van der Waals surface area (Å²) in [6.45, 7) is 7.41. The normalized spacial score (nSPS) is 22.8. The van der Waals surface area contributed by atoms with Crippen LogP contribution in [0.5, 0.6) is 0 Å². The maximum Gasteiger partial charge on any atom is 0.0608 e. The Kier molecular flexibility index (Phi) is 3.93. The Morgan fingerprint density at radius 2 is 2.31 bits per heavy atom. The van der Waals surface area contributed by atoms with Crippen LogP contribution in [0.1, 0.15) is 40.0 Å². The zero-order valence-corrected chi connectivity index (χ0v) is 8.82. The summed E-state index contributed by atoms with van der Waals surface area (Å²) >= 11 is 0. The van der Waals surface area contributed by atoms with Gasteiger partial charge in [0, 0.05) is 12.6 Å². The van der Waals surface area contributed by atoms with Crippen LogP contribution in [0.15, 0.2) is 22.1 Å². The molecule has 0 aliphatic carbocycles. The number of rotatable bonds is 3. The SMILES string of the molecule is CCCC1=CCC(C)N(CC)N=N1. The van der Waals surface area contributed by atoms with Crippen LogP contribution in [0.2, 0.25) is 0 Å². The fourth-order valence-electron chi connectivity index (χ4n) is 1.46. The molecule has 1 rings (SSSR count). The lowest BCUT2D eigenvalue weighted by molar-refractivity contribution is 0.219. The molecule has 3 heteroatoms. The van der Waals surface area contributed by atoms with Gasteiger partial charge in [0.15, 0.2) is 0 Å². The van der Waals surface area contributed by atoms with Gasteiger partial charge in [-0.3, -0.25) is 5.01 Å². The Hall–Kier alpha value is -0.860. The first-order valence-corrected chi connectivity index (χ1v) is 5.15. The fourth-order valence-corrected chi connectivity index (χ4v) is 1.46. The first-order chi connectivity index (χ1) is 6.27. The van der Waals surface area contributed by atoms with E-state index < -0.39 is 0 Å². The summed E-state index contributed by atoms with van der Waals surface area (Å²) in [4.78, 5) is 0. The van der Waals surface area contributed by atoms with E-state index in [-0.39, 0.29) is 0 Å². The van der Waals surface area contributed by atoms with Gasteiger partial charge < -0.3 is 0 Å². The van der Waals surface area contributed by atoms with Crippen molar-refractivity contribution in [2.24, 2.45) is 10.3 Å². The number of hydrogen-bond acceptors (Lipinski definition) is 3. The van der Waals surface area contributed by atoms with Crippen molar-refractivity contribution in [3.63, 3.8) is 0 Å². The molecular formula is C10H19N3. The molecule has 1 aliphatic heterocycles. The molecule has 0 N–H and O–H groups in total. The Morgan fingerprint density at radius 1 is 1.54 bits per heavy atom. The van der Waals surface area contributed by atoms with E-state index in [2.05, 4.69) is 37.2 Å². The Balaban J connectivity index is 2.61. The lowest BCUT2D eigenvalue weighted by Crippen LogP contribution is -2.26. The molecule has 0 aromatic rings. The average Bonchev–Trinajstić information content (AvgIpc) is 2.30. The topological polar surface area (TPSA) is 28.0 Å². The van der Waals surface area contributed by atoms with E-state index in [0.29, 0.717) is 6.04 Å². The largest absolute Gasteiger partial charge is 0.276 e. The summed E-state index contributed by atoms with van der Waals surface area (Å²) in [6.07, 6.45) is 5.47. The van der Waals surface area contributed by atoms with Crippen LogP contribution in [0.3, 0.4) is 0 Å². The van der Waals surface area contributed by atoms with Gasteiger partial charge in [0.2, 0.25) is 0 Å². The van der Waals surface area contributed by atoms with Gasteiger partial charge in [-0.2, -0.15) is 0 Å². The highest BCUT2D eigenvalue weighted by Gasteiger charge is 2.11. The molecule has 0 saturated heterocycles. The number of nitrogens with zero attached hydrogens (tertiary/aromatic N) is 3. The average molecular weight is 181 g/mol. The molecule has 1 aliphatic rings. The number of hydrogen-bond donors (Lipinski definition) is 0. The summed E-state index contributed by atoms with van der Waals surface area (Å²) < 4.78 is 0. The predicted molar refractivity (Wildman–Crippen MR) is 54.3 cm³/mol. The molecule has 13 heavy (non-hydrogen) atoms. The van der Waals surface area contributed by atoms with Crippen molar-refractivity contribution in [1.82, 2.24) is 5.01 Å².